The molecule has 3 aromatic rings. The first kappa shape index (κ1) is 18.7. The fraction of sp³-hybridized carbons (Fsp3) is 0.0909. The van der Waals surface area contributed by atoms with Gasteiger partial charge >= 0.3 is 0 Å². The van der Waals surface area contributed by atoms with Crippen molar-refractivity contribution in [2.24, 2.45) is 0 Å². The second-order valence-electron chi connectivity index (χ2n) is 5.94. The second kappa shape index (κ2) is 8.52. The highest BCUT2D eigenvalue weighted by Crippen LogP contribution is 2.21. The molecule has 0 aliphatic rings. The minimum atomic E-state index is -0.744. The highest BCUT2D eigenvalue weighted by molar-refractivity contribution is 6.30. The molecule has 0 aromatic heterocycles. The predicted molar refractivity (Wildman–Crippen MR) is 106 cm³/mol. The largest absolute Gasteiger partial charge is 0.481 e. The topological polar surface area (TPSA) is 55.4 Å². The van der Waals surface area contributed by atoms with Crippen molar-refractivity contribution >= 4 is 29.0 Å². The SMILES string of the molecule is C[C@@H](Oc1ccc(Cl)cc1)C(=O)Nc1ccccc1C(=O)c1ccccc1. The quantitative estimate of drug-likeness (QED) is 0.615. The number of rotatable bonds is 6. The molecule has 0 fully saturated rings. The number of carbonyl (C=O) groups excluding carboxylic acids is 2. The summed E-state index contributed by atoms with van der Waals surface area (Å²) in [5.41, 5.74) is 1.43. The van der Waals surface area contributed by atoms with E-state index in [1.165, 1.54) is 0 Å². The summed E-state index contributed by atoms with van der Waals surface area (Å²) in [4.78, 5) is 25.3. The Morgan fingerprint density at radius 2 is 1.52 bits per heavy atom. The van der Waals surface area contributed by atoms with Gasteiger partial charge in [0.1, 0.15) is 5.75 Å². The van der Waals surface area contributed by atoms with Gasteiger partial charge in [-0.3, -0.25) is 9.59 Å². The summed E-state index contributed by atoms with van der Waals surface area (Å²) in [6.07, 6.45) is -0.744. The van der Waals surface area contributed by atoms with Crippen molar-refractivity contribution in [1.29, 1.82) is 0 Å². The van der Waals surface area contributed by atoms with Crippen LogP contribution < -0.4 is 10.1 Å². The van der Waals surface area contributed by atoms with Crippen LogP contribution in [0.25, 0.3) is 0 Å². The molecular formula is C22H18ClNO3. The van der Waals surface area contributed by atoms with Crippen LogP contribution in [0.5, 0.6) is 5.75 Å². The number of para-hydroxylation sites is 1. The van der Waals surface area contributed by atoms with Gasteiger partial charge in [0.15, 0.2) is 11.9 Å². The normalized spacial score (nSPS) is 11.5. The van der Waals surface area contributed by atoms with Gasteiger partial charge in [-0.25, -0.2) is 0 Å². The zero-order valence-electron chi connectivity index (χ0n) is 14.7. The van der Waals surface area contributed by atoms with Crippen molar-refractivity contribution in [3.8, 4) is 5.75 Å². The lowest BCUT2D eigenvalue weighted by atomic mass is 10.0. The minimum absolute atomic E-state index is 0.155. The monoisotopic (exact) mass is 379 g/mol. The van der Waals surface area contributed by atoms with E-state index in [1.54, 1.807) is 79.7 Å². The van der Waals surface area contributed by atoms with E-state index in [-0.39, 0.29) is 11.7 Å². The van der Waals surface area contributed by atoms with Gasteiger partial charge in [-0.05, 0) is 43.3 Å². The van der Waals surface area contributed by atoms with E-state index in [1.807, 2.05) is 6.07 Å². The summed E-state index contributed by atoms with van der Waals surface area (Å²) in [6.45, 7) is 1.64. The molecule has 0 aliphatic heterocycles. The van der Waals surface area contributed by atoms with Crippen LogP contribution >= 0.6 is 11.6 Å². The van der Waals surface area contributed by atoms with E-state index in [0.717, 1.165) is 0 Å². The van der Waals surface area contributed by atoms with Gasteiger partial charge in [0.05, 0.1) is 5.69 Å². The maximum absolute atomic E-state index is 12.7. The Balaban J connectivity index is 1.74. The van der Waals surface area contributed by atoms with Gasteiger partial charge < -0.3 is 10.1 Å². The molecule has 0 unspecified atom stereocenters. The third kappa shape index (κ3) is 4.74. The van der Waals surface area contributed by atoms with E-state index < -0.39 is 6.10 Å². The van der Waals surface area contributed by atoms with Crippen molar-refractivity contribution in [3.05, 3.63) is 95.0 Å². The number of nitrogens with one attached hydrogen (secondary N) is 1. The van der Waals surface area contributed by atoms with Crippen LogP contribution in [0.1, 0.15) is 22.8 Å². The highest BCUT2D eigenvalue weighted by Gasteiger charge is 2.19. The van der Waals surface area contributed by atoms with Gasteiger partial charge in [-0.1, -0.05) is 54.1 Å². The van der Waals surface area contributed by atoms with Gasteiger partial charge in [-0.15, -0.1) is 0 Å². The van der Waals surface area contributed by atoms with E-state index in [2.05, 4.69) is 5.32 Å². The molecule has 4 nitrogen and oxygen atoms in total. The first-order chi connectivity index (χ1) is 13.0. The maximum atomic E-state index is 12.7. The second-order valence-corrected chi connectivity index (χ2v) is 6.38. The predicted octanol–water partition coefficient (Wildman–Crippen LogP) is 4.98. The molecule has 136 valence electrons. The number of amides is 1. The number of ketones is 1. The lowest BCUT2D eigenvalue weighted by Crippen LogP contribution is -2.30. The Morgan fingerprint density at radius 3 is 2.22 bits per heavy atom. The number of anilines is 1. The van der Waals surface area contributed by atoms with Gasteiger partial charge in [-0.2, -0.15) is 0 Å². The summed E-state index contributed by atoms with van der Waals surface area (Å²) in [7, 11) is 0. The lowest BCUT2D eigenvalue weighted by Gasteiger charge is -2.16. The molecule has 1 atom stereocenters. The summed E-state index contributed by atoms with van der Waals surface area (Å²) < 4.78 is 5.63. The zero-order chi connectivity index (χ0) is 19.2. The van der Waals surface area contributed by atoms with Crippen LogP contribution in [-0.2, 0) is 4.79 Å². The first-order valence-electron chi connectivity index (χ1n) is 8.46. The first-order valence-corrected chi connectivity index (χ1v) is 8.84. The molecule has 0 aliphatic carbocycles. The van der Waals surface area contributed by atoms with Gasteiger partial charge in [0, 0.05) is 16.1 Å². The number of ether oxygens (including phenoxy) is 1. The van der Waals surface area contributed by atoms with Crippen molar-refractivity contribution in [3.63, 3.8) is 0 Å². The van der Waals surface area contributed by atoms with Crippen molar-refractivity contribution in [2.75, 3.05) is 5.32 Å². The van der Waals surface area contributed by atoms with Crippen molar-refractivity contribution in [1.82, 2.24) is 0 Å². The molecule has 3 rings (SSSR count). The molecule has 1 N–H and O–H groups in total. The van der Waals surface area contributed by atoms with E-state index in [9.17, 15) is 9.59 Å². The summed E-state index contributed by atoms with van der Waals surface area (Å²) in [5, 5.41) is 3.37. The molecule has 0 bridgehead atoms. The smallest absolute Gasteiger partial charge is 0.265 e. The Bertz CT molecular complexity index is 939. The Hall–Kier alpha value is -3.11. The standard InChI is InChI=1S/C22H18ClNO3/c1-15(27-18-13-11-17(23)12-14-18)22(26)24-20-10-6-5-9-19(20)21(25)16-7-3-2-4-8-16/h2-15H,1H3,(H,24,26)/t15-/m1/s1. The van der Waals surface area contributed by atoms with Crippen LogP contribution in [0, 0.1) is 0 Å². The van der Waals surface area contributed by atoms with Crippen LogP contribution in [0.4, 0.5) is 5.69 Å². The molecule has 0 saturated carbocycles. The molecule has 0 spiro atoms. The molecular weight excluding hydrogens is 362 g/mol. The van der Waals surface area contributed by atoms with Crippen molar-refractivity contribution in [2.45, 2.75) is 13.0 Å². The number of halogens is 1. The molecule has 5 heteroatoms. The van der Waals surface area contributed by atoms with E-state index in [4.69, 9.17) is 16.3 Å². The minimum Gasteiger partial charge on any atom is -0.481 e. The Kier molecular flexibility index (Phi) is 5.89. The maximum Gasteiger partial charge on any atom is 0.265 e. The Labute approximate surface area is 162 Å². The van der Waals surface area contributed by atoms with Gasteiger partial charge in [0.25, 0.3) is 5.91 Å². The summed E-state index contributed by atoms with van der Waals surface area (Å²) >= 11 is 5.85. The fourth-order valence-corrected chi connectivity index (χ4v) is 2.67. The Morgan fingerprint density at radius 1 is 0.889 bits per heavy atom. The zero-order valence-corrected chi connectivity index (χ0v) is 15.4. The van der Waals surface area contributed by atoms with Gasteiger partial charge in [0.2, 0.25) is 0 Å². The van der Waals surface area contributed by atoms with Crippen LogP contribution in [0.2, 0.25) is 5.02 Å². The van der Waals surface area contributed by atoms with Crippen LogP contribution in [-0.4, -0.2) is 17.8 Å². The fourth-order valence-electron chi connectivity index (χ4n) is 2.54. The summed E-state index contributed by atoms with van der Waals surface area (Å²) in [5.74, 6) is 0.0340. The lowest BCUT2D eigenvalue weighted by molar-refractivity contribution is -0.122. The summed E-state index contributed by atoms with van der Waals surface area (Å²) in [6, 6.07) is 22.6. The highest BCUT2D eigenvalue weighted by atomic mass is 35.5. The molecule has 1 amide bonds. The van der Waals surface area contributed by atoms with Crippen LogP contribution in [0.15, 0.2) is 78.9 Å². The van der Waals surface area contributed by atoms with E-state index >= 15 is 0 Å². The molecule has 0 heterocycles. The van der Waals surface area contributed by atoms with E-state index in [0.29, 0.717) is 27.6 Å². The molecule has 0 saturated heterocycles. The molecule has 3 aromatic carbocycles. The van der Waals surface area contributed by atoms with Crippen molar-refractivity contribution < 1.29 is 14.3 Å². The van der Waals surface area contributed by atoms with Crippen LogP contribution in [0.3, 0.4) is 0 Å². The molecule has 0 radical (unpaired) electrons. The number of benzene rings is 3. The third-order valence-corrected chi connectivity index (χ3v) is 4.21. The third-order valence-electron chi connectivity index (χ3n) is 3.96. The number of hydrogen-bond donors (Lipinski definition) is 1. The number of hydrogen-bond acceptors (Lipinski definition) is 3. The number of carbonyl (C=O) groups is 2. The average molecular weight is 380 g/mol. The molecule has 27 heavy (non-hydrogen) atoms. The average Bonchev–Trinajstić information content (AvgIpc) is 2.70.